The van der Waals surface area contributed by atoms with Gasteiger partial charge in [0.2, 0.25) is 11.8 Å². The van der Waals surface area contributed by atoms with E-state index in [0.717, 1.165) is 17.2 Å². The molecule has 0 atom stereocenters. The van der Waals surface area contributed by atoms with E-state index in [-0.39, 0.29) is 29.1 Å². The lowest BCUT2D eigenvalue weighted by molar-refractivity contribution is -0.115. The van der Waals surface area contributed by atoms with Gasteiger partial charge in [-0.25, -0.2) is 4.39 Å². The molecule has 2 rings (SSSR count). The van der Waals surface area contributed by atoms with Crippen LogP contribution in [0.4, 0.5) is 10.1 Å². The molecule has 114 valence electrons. The number of anilines is 1. The first kappa shape index (κ1) is 15.7. The molecule has 0 bridgehead atoms. The number of nitrogens with two attached hydrogens (primary N) is 1. The van der Waals surface area contributed by atoms with E-state index >= 15 is 0 Å². The summed E-state index contributed by atoms with van der Waals surface area (Å²) in [6, 6.07) is 10.0. The summed E-state index contributed by atoms with van der Waals surface area (Å²) >= 11 is 0. The molecule has 2 aromatic rings. The Hall–Kier alpha value is -2.69. The second-order valence-corrected chi connectivity index (χ2v) is 5.21. The van der Waals surface area contributed by atoms with Gasteiger partial charge in [-0.15, -0.1) is 0 Å². The van der Waals surface area contributed by atoms with E-state index in [2.05, 4.69) is 5.32 Å². The van der Waals surface area contributed by atoms with Crippen LogP contribution in [0.15, 0.2) is 36.4 Å². The standard InChI is InChI=1S/C17H17FN2O2/c1-10-3-5-12(6-4-10)7-16(21)20-15-9-13(17(19)22)8-14(18)11(15)2/h3-6,8-9H,7H2,1-2H3,(H2,19,22)(H,20,21). The van der Waals surface area contributed by atoms with Crippen LogP contribution in [-0.2, 0) is 11.2 Å². The highest BCUT2D eigenvalue weighted by molar-refractivity contribution is 5.97. The SMILES string of the molecule is Cc1ccc(CC(=O)Nc2cc(C(N)=O)cc(F)c2C)cc1. The molecule has 0 aliphatic carbocycles. The number of carbonyl (C=O) groups is 2. The highest BCUT2D eigenvalue weighted by Gasteiger charge is 2.13. The number of carbonyl (C=O) groups excluding carboxylic acids is 2. The number of hydrogen-bond acceptors (Lipinski definition) is 2. The normalized spacial score (nSPS) is 10.3. The molecule has 0 aliphatic rings. The zero-order valence-electron chi connectivity index (χ0n) is 12.4. The van der Waals surface area contributed by atoms with Crippen LogP contribution < -0.4 is 11.1 Å². The van der Waals surface area contributed by atoms with Crippen molar-refractivity contribution in [2.24, 2.45) is 5.73 Å². The quantitative estimate of drug-likeness (QED) is 0.911. The molecule has 0 saturated carbocycles. The largest absolute Gasteiger partial charge is 0.366 e. The fourth-order valence-corrected chi connectivity index (χ4v) is 2.04. The van der Waals surface area contributed by atoms with Crippen molar-refractivity contribution in [3.05, 3.63) is 64.5 Å². The summed E-state index contributed by atoms with van der Waals surface area (Å²) in [5, 5.41) is 2.62. The van der Waals surface area contributed by atoms with Gasteiger partial charge in [0.05, 0.1) is 6.42 Å². The molecule has 0 fully saturated rings. The fourth-order valence-electron chi connectivity index (χ4n) is 2.04. The second-order valence-electron chi connectivity index (χ2n) is 5.21. The lowest BCUT2D eigenvalue weighted by atomic mass is 10.1. The zero-order valence-corrected chi connectivity index (χ0v) is 12.4. The maximum atomic E-state index is 13.8. The van der Waals surface area contributed by atoms with Crippen molar-refractivity contribution >= 4 is 17.5 Å². The molecule has 0 radical (unpaired) electrons. The van der Waals surface area contributed by atoms with E-state index in [4.69, 9.17) is 5.73 Å². The predicted octanol–water partition coefficient (Wildman–Crippen LogP) is 2.72. The second kappa shape index (κ2) is 6.39. The third kappa shape index (κ3) is 3.69. The van der Waals surface area contributed by atoms with E-state index < -0.39 is 11.7 Å². The first-order valence-electron chi connectivity index (χ1n) is 6.82. The third-order valence-corrected chi connectivity index (χ3v) is 3.39. The Balaban J connectivity index is 2.17. The number of rotatable bonds is 4. The molecule has 0 aliphatic heterocycles. The smallest absolute Gasteiger partial charge is 0.248 e. The van der Waals surface area contributed by atoms with E-state index in [1.165, 1.54) is 13.0 Å². The van der Waals surface area contributed by atoms with E-state index in [9.17, 15) is 14.0 Å². The molecule has 0 heterocycles. The van der Waals surface area contributed by atoms with Gasteiger partial charge in [-0.1, -0.05) is 29.8 Å². The van der Waals surface area contributed by atoms with Crippen LogP contribution >= 0.6 is 0 Å². The van der Waals surface area contributed by atoms with Crippen LogP contribution in [-0.4, -0.2) is 11.8 Å². The molecule has 0 spiro atoms. The average molecular weight is 300 g/mol. The molecular formula is C17H17FN2O2. The van der Waals surface area contributed by atoms with Gasteiger partial charge < -0.3 is 11.1 Å². The summed E-state index contributed by atoms with van der Waals surface area (Å²) in [5.74, 6) is -1.61. The van der Waals surface area contributed by atoms with Gasteiger partial charge in [0.1, 0.15) is 5.82 Å². The monoisotopic (exact) mass is 300 g/mol. The van der Waals surface area contributed by atoms with Crippen LogP contribution in [0.25, 0.3) is 0 Å². The van der Waals surface area contributed by atoms with Crippen LogP contribution in [0, 0.1) is 19.7 Å². The molecule has 4 nitrogen and oxygen atoms in total. The van der Waals surface area contributed by atoms with Gasteiger partial charge in [-0.3, -0.25) is 9.59 Å². The first-order chi connectivity index (χ1) is 10.4. The van der Waals surface area contributed by atoms with Gasteiger partial charge >= 0.3 is 0 Å². The van der Waals surface area contributed by atoms with Gasteiger partial charge in [-0.05, 0) is 31.5 Å². The third-order valence-electron chi connectivity index (χ3n) is 3.39. The van der Waals surface area contributed by atoms with Crippen molar-refractivity contribution in [3.8, 4) is 0 Å². The molecule has 5 heteroatoms. The average Bonchev–Trinajstić information content (AvgIpc) is 2.46. The molecule has 0 aromatic heterocycles. The lowest BCUT2D eigenvalue weighted by Gasteiger charge is -2.11. The van der Waals surface area contributed by atoms with Gasteiger partial charge in [0.15, 0.2) is 0 Å². The molecule has 0 saturated heterocycles. The summed E-state index contributed by atoms with van der Waals surface area (Å²) in [4.78, 5) is 23.2. The summed E-state index contributed by atoms with van der Waals surface area (Å²) in [5.41, 5.74) is 7.66. The molecule has 2 aromatic carbocycles. The minimum Gasteiger partial charge on any atom is -0.366 e. The fraction of sp³-hybridized carbons (Fsp3) is 0.176. The van der Waals surface area contributed by atoms with E-state index in [0.29, 0.717) is 0 Å². The Morgan fingerprint density at radius 1 is 1.14 bits per heavy atom. The summed E-state index contributed by atoms with van der Waals surface area (Å²) < 4.78 is 13.8. The summed E-state index contributed by atoms with van der Waals surface area (Å²) in [6.45, 7) is 3.49. The molecule has 3 N–H and O–H groups in total. The van der Waals surface area contributed by atoms with Crippen molar-refractivity contribution in [2.45, 2.75) is 20.3 Å². The van der Waals surface area contributed by atoms with Gasteiger partial charge in [-0.2, -0.15) is 0 Å². The Morgan fingerprint density at radius 2 is 1.77 bits per heavy atom. The Kier molecular flexibility index (Phi) is 4.56. The Morgan fingerprint density at radius 3 is 2.36 bits per heavy atom. The highest BCUT2D eigenvalue weighted by Crippen LogP contribution is 2.21. The number of hydrogen-bond donors (Lipinski definition) is 2. The number of primary amides is 1. The summed E-state index contributed by atoms with van der Waals surface area (Å²) in [6.07, 6.45) is 0.169. The highest BCUT2D eigenvalue weighted by atomic mass is 19.1. The maximum absolute atomic E-state index is 13.8. The van der Waals surface area contributed by atoms with Crippen LogP contribution in [0.1, 0.15) is 27.0 Å². The van der Waals surface area contributed by atoms with Crippen molar-refractivity contribution < 1.29 is 14.0 Å². The molecule has 2 amide bonds. The van der Waals surface area contributed by atoms with Crippen LogP contribution in [0.3, 0.4) is 0 Å². The van der Waals surface area contributed by atoms with Gasteiger partial charge in [0, 0.05) is 16.8 Å². The predicted molar refractivity (Wildman–Crippen MR) is 83.2 cm³/mol. The number of nitrogens with one attached hydrogen (secondary N) is 1. The topological polar surface area (TPSA) is 72.2 Å². The Labute approximate surface area is 128 Å². The lowest BCUT2D eigenvalue weighted by Crippen LogP contribution is -2.17. The number of aryl methyl sites for hydroxylation is 1. The zero-order chi connectivity index (χ0) is 16.3. The van der Waals surface area contributed by atoms with Crippen molar-refractivity contribution in [1.29, 1.82) is 0 Å². The van der Waals surface area contributed by atoms with Crippen LogP contribution in [0.5, 0.6) is 0 Å². The van der Waals surface area contributed by atoms with Crippen LogP contribution in [0.2, 0.25) is 0 Å². The Bertz CT molecular complexity index is 724. The van der Waals surface area contributed by atoms with E-state index in [1.54, 1.807) is 0 Å². The molecule has 0 unspecified atom stereocenters. The first-order valence-corrected chi connectivity index (χ1v) is 6.82. The van der Waals surface area contributed by atoms with Crippen molar-refractivity contribution in [3.63, 3.8) is 0 Å². The molecular weight excluding hydrogens is 283 g/mol. The minimum absolute atomic E-state index is 0.0220. The van der Waals surface area contributed by atoms with Gasteiger partial charge in [0.25, 0.3) is 0 Å². The number of amides is 2. The maximum Gasteiger partial charge on any atom is 0.248 e. The number of halogens is 1. The summed E-state index contributed by atoms with van der Waals surface area (Å²) in [7, 11) is 0. The van der Waals surface area contributed by atoms with E-state index in [1.807, 2.05) is 31.2 Å². The van der Waals surface area contributed by atoms with Crippen molar-refractivity contribution in [2.75, 3.05) is 5.32 Å². The number of benzene rings is 2. The molecule has 22 heavy (non-hydrogen) atoms. The van der Waals surface area contributed by atoms with Crippen molar-refractivity contribution in [1.82, 2.24) is 0 Å². The minimum atomic E-state index is -0.743.